The Morgan fingerprint density at radius 1 is 0.926 bits per heavy atom. The molecule has 0 bridgehead atoms. The number of anilines is 1. The number of thiophene rings is 1. The molecule has 0 radical (unpaired) electrons. The number of carbonyl (C=O) groups excluding carboxylic acids is 1. The van der Waals surface area contributed by atoms with Gasteiger partial charge in [0.1, 0.15) is 0 Å². The average Bonchev–Trinajstić information content (AvgIpc) is 3.12. The van der Waals surface area contributed by atoms with Crippen LogP contribution in [0.5, 0.6) is 0 Å². The number of ether oxygens (including phenoxy) is 1. The number of hydrogen-bond donors (Lipinski definition) is 1. The van der Waals surface area contributed by atoms with E-state index in [2.05, 4.69) is 24.4 Å². The zero-order chi connectivity index (χ0) is 19.3. The maximum Gasteiger partial charge on any atom is 0.310 e. The topological polar surface area (TPSA) is 38.3 Å². The fourth-order valence-electron chi connectivity index (χ4n) is 3.04. The predicted molar refractivity (Wildman–Crippen MR) is 116 cm³/mol. The Kier molecular flexibility index (Phi) is 9.99. The normalized spacial score (nSPS) is 10.7. The maximum atomic E-state index is 11.5. The first-order valence-corrected chi connectivity index (χ1v) is 11.1. The Hall–Kier alpha value is -1.81. The summed E-state index contributed by atoms with van der Waals surface area (Å²) in [6.45, 7) is 5.37. The molecule has 0 fully saturated rings. The first-order chi connectivity index (χ1) is 13.2. The van der Waals surface area contributed by atoms with Crippen LogP contribution in [-0.2, 0) is 28.9 Å². The summed E-state index contributed by atoms with van der Waals surface area (Å²) in [5.74, 6) is -0.172. The van der Waals surface area contributed by atoms with E-state index >= 15 is 0 Å². The molecule has 0 amide bonds. The summed E-state index contributed by atoms with van der Waals surface area (Å²) in [6.07, 6.45) is 9.64. The second-order valence-electron chi connectivity index (χ2n) is 6.92. The summed E-state index contributed by atoms with van der Waals surface area (Å²) in [5.41, 5.74) is 2.06. The molecule has 0 saturated carbocycles. The van der Waals surface area contributed by atoms with Gasteiger partial charge in [-0.1, -0.05) is 51.2 Å². The lowest BCUT2D eigenvalue weighted by molar-refractivity contribution is -0.142. The number of rotatable bonds is 13. The number of aryl methyl sites for hydroxylation is 1. The van der Waals surface area contributed by atoms with Gasteiger partial charge in [-0.3, -0.25) is 4.79 Å². The number of benzene rings is 1. The van der Waals surface area contributed by atoms with Crippen LogP contribution < -0.4 is 5.32 Å². The van der Waals surface area contributed by atoms with Gasteiger partial charge in [-0.05, 0) is 49.6 Å². The lowest BCUT2D eigenvalue weighted by Crippen LogP contribution is -2.07. The van der Waals surface area contributed by atoms with E-state index in [4.69, 9.17) is 4.74 Å². The Balaban J connectivity index is 1.69. The van der Waals surface area contributed by atoms with Crippen molar-refractivity contribution in [3.05, 3.63) is 51.7 Å². The van der Waals surface area contributed by atoms with Crippen molar-refractivity contribution in [3.63, 3.8) is 0 Å². The van der Waals surface area contributed by atoms with Gasteiger partial charge >= 0.3 is 5.97 Å². The van der Waals surface area contributed by atoms with Gasteiger partial charge in [0.05, 0.1) is 13.0 Å². The van der Waals surface area contributed by atoms with Crippen molar-refractivity contribution < 1.29 is 9.53 Å². The summed E-state index contributed by atoms with van der Waals surface area (Å²) < 4.78 is 4.98. The van der Waals surface area contributed by atoms with Crippen LogP contribution in [0.15, 0.2) is 36.4 Å². The Bertz CT molecular complexity index is 663. The number of carbonyl (C=O) groups is 1. The standard InChI is InChI=1S/C23H33NO2S/c1-3-5-6-7-8-9-10-21-15-16-22(27-21)18-24-20-13-11-19(12-14-20)17-23(25)26-4-2/h11-16,24H,3-10,17-18H2,1-2H3. The minimum atomic E-state index is -0.172. The molecular weight excluding hydrogens is 354 g/mol. The van der Waals surface area contributed by atoms with Crippen LogP contribution in [0.2, 0.25) is 0 Å². The second kappa shape index (κ2) is 12.6. The van der Waals surface area contributed by atoms with Gasteiger partial charge in [-0.25, -0.2) is 0 Å². The van der Waals surface area contributed by atoms with E-state index in [0.717, 1.165) is 17.8 Å². The summed E-state index contributed by atoms with van der Waals surface area (Å²) in [6, 6.07) is 12.5. The SMILES string of the molecule is CCCCCCCCc1ccc(CNc2ccc(CC(=O)OCC)cc2)s1. The molecular formula is C23H33NO2S. The van der Waals surface area contributed by atoms with Gasteiger partial charge in [0.2, 0.25) is 0 Å². The van der Waals surface area contributed by atoms with Crippen molar-refractivity contribution in [2.24, 2.45) is 0 Å². The molecule has 1 N–H and O–H groups in total. The Morgan fingerprint density at radius 3 is 2.37 bits per heavy atom. The number of nitrogens with one attached hydrogen (secondary N) is 1. The lowest BCUT2D eigenvalue weighted by atomic mass is 10.1. The van der Waals surface area contributed by atoms with E-state index < -0.39 is 0 Å². The highest BCUT2D eigenvalue weighted by molar-refractivity contribution is 7.12. The van der Waals surface area contributed by atoms with E-state index in [0.29, 0.717) is 13.0 Å². The fourth-order valence-corrected chi connectivity index (χ4v) is 4.04. The molecule has 0 unspecified atom stereocenters. The van der Waals surface area contributed by atoms with Gasteiger partial charge in [0, 0.05) is 22.0 Å². The largest absolute Gasteiger partial charge is 0.466 e. The molecule has 0 spiro atoms. The number of hydrogen-bond acceptors (Lipinski definition) is 4. The van der Waals surface area contributed by atoms with Gasteiger partial charge in [0.15, 0.2) is 0 Å². The summed E-state index contributed by atoms with van der Waals surface area (Å²) in [5, 5.41) is 3.46. The maximum absolute atomic E-state index is 11.5. The second-order valence-corrected chi connectivity index (χ2v) is 8.17. The van der Waals surface area contributed by atoms with E-state index in [1.807, 2.05) is 42.5 Å². The molecule has 3 nitrogen and oxygen atoms in total. The molecule has 0 aliphatic rings. The molecule has 1 heterocycles. The van der Waals surface area contributed by atoms with Gasteiger partial charge in [-0.15, -0.1) is 11.3 Å². The molecule has 0 atom stereocenters. The lowest BCUT2D eigenvalue weighted by Gasteiger charge is -2.06. The molecule has 0 aliphatic heterocycles. The van der Waals surface area contributed by atoms with Crippen LogP contribution in [0.3, 0.4) is 0 Å². The van der Waals surface area contributed by atoms with Gasteiger partial charge in [-0.2, -0.15) is 0 Å². The third kappa shape index (κ3) is 8.61. The highest BCUT2D eigenvalue weighted by Gasteiger charge is 2.04. The van der Waals surface area contributed by atoms with Crippen molar-refractivity contribution >= 4 is 23.0 Å². The summed E-state index contributed by atoms with van der Waals surface area (Å²) >= 11 is 1.91. The Morgan fingerprint density at radius 2 is 1.63 bits per heavy atom. The first-order valence-electron chi connectivity index (χ1n) is 10.3. The predicted octanol–water partition coefficient (Wildman–Crippen LogP) is 6.37. The first kappa shape index (κ1) is 21.5. The smallest absolute Gasteiger partial charge is 0.310 e. The van der Waals surface area contributed by atoms with Crippen molar-refractivity contribution in [1.29, 1.82) is 0 Å². The minimum Gasteiger partial charge on any atom is -0.466 e. The Labute approximate surface area is 168 Å². The summed E-state index contributed by atoms with van der Waals surface area (Å²) in [4.78, 5) is 14.4. The highest BCUT2D eigenvalue weighted by Crippen LogP contribution is 2.21. The number of unbranched alkanes of at least 4 members (excludes halogenated alkanes) is 5. The molecule has 27 heavy (non-hydrogen) atoms. The van der Waals surface area contributed by atoms with E-state index in [1.165, 1.54) is 54.7 Å². The zero-order valence-electron chi connectivity index (χ0n) is 16.8. The van der Waals surface area contributed by atoms with Crippen molar-refractivity contribution in [3.8, 4) is 0 Å². The average molecular weight is 388 g/mol. The van der Waals surface area contributed by atoms with Gasteiger partial charge < -0.3 is 10.1 Å². The van der Waals surface area contributed by atoms with E-state index in [1.54, 1.807) is 0 Å². The quantitative estimate of drug-likeness (QED) is 0.320. The molecule has 2 rings (SSSR count). The van der Waals surface area contributed by atoms with Crippen LogP contribution in [0.25, 0.3) is 0 Å². The molecule has 0 aliphatic carbocycles. The van der Waals surface area contributed by atoms with Crippen molar-refractivity contribution in [2.45, 2.75) is 71.8 Å². The zero-order valence-corrected chi connectivity index (χ0v) is 17.6. The third-order valence-corrected chi connectivity index (χ3v) is 5.71. The molecule has 4 heteroatoms. The molecule has 1 aromatic heterocycles. The van der Waals surface area contributed by atoms with E-state index in [9.17, 15) is 4.79 Å². The molecule has 0 saturated heterocycles. The van der Waals surface area contributed by atoms with E-state index in [-0.39, 0.29) is 5.97 Å². The minimum absolute atomic E-state index is 0.172. The highest BCUT2D eigenvalue weighted by atomic mass is 32.1. The van der Waals surface area contributed by atoms with Crippen LogP contribution in [0, 0.1) is 0 Å². The fraction of sp³-hybridized carbons (Fsp3) is 0.522. The van der Waals surface area contributed by atoms with Crippen LogP contribution in [0.1, 0.15) is 67.7 Å². The van der Waals surface area contributed by atoms with Crippen molar-refractivity contribution in [2.75, 3.05) is 11.9 Å². The number of esters is 1. The van der Waals surface area contributed by atoms with Crippen LogP contribution in [0.4, 0.5) is 5.69 Å². The monoisotopic (exact) mass is 387 g/mol. The molecule has 1 aromatic carbocycles. The molecule has 2 aromatic rings. The van der Waals surface area contributed by atoms with Crippen molar-refractivity contribution in [1.82, 2.24) is 0 Å². The van der Waals surface area contributed by atoms with Crippen LogP contribution in [-0.4, -0.2) is 12.6 Å². The summed E-state index contributed by atoms with van der Waals surface area (Å²) in [7, 11) is 0. The molecule has 148 valence electrons. The third-order valence-electron chi connectivity index (χ3n) is 4.57. The van der Waals surface area contributed by atoms with Crippen LogP contribution >= 0.6 is 11.3 Å². The van der Waals surface area contributed by atoms with Gasteiger partial charge in [0.25, 0.3) is 0 Å².